The minimum Gasteiger partial charge on any atom is -0.368 e. The van der Waals surface area contributed by atoms with Gasteiger partial charge in [0.25, 0.3) is 0 Å². The Morgan fingerprint density at radius 1 is 1.10 bits per heavy atom. The van der Waals surface area contributed by atoms with Crippen molar-refractivity contribution in [3.63, 3.8) is 0 Å². The van der Waals surface area contributed by atoms with Gasteiger partial charge in [-0.25, -0.2) is 12.8 Å². The second-order valence-electron chi connectivity index (χ2n) is 7.61. The molecule has 2 heterocycles. The van der Waals surface area contributed by atoms with E-state index >= 15 is 0 Å². The molecule has 1 aliphatic rings. The zero-order valence-electron chi connectivity index (χ0n) is 16.7. The molecule has 11 heteroatoms. The van der Waals surface area contributed by atoms with Crippen molar-refractivity contribution in [2.75, 3.05) is 35.7 Å². The first-order valence-electron chi connectivity index (χ1n) is 9.30. The van der Waals surface area contributed by atoms with E-state index < -0.39 is 27.5 Å². The second-order valence-corrected chi connectivity index (χ2v) is 9.60. The third-order valence-corrected chi connectivity index (χ3v) is 6.21. The summed E-state index contributed by atoms with van der Waals surface area (Å²) < 4.78 is 75.9. The number of hydrogen-bond donors (Lipinski definition) is 0. The van der Waals surface area contributed by atoms with E-state index in [1.807, 2.05) is 23.6 Å². The van der Waals surface area contributed by atoms with Gasteiger partial charge in [-0.1, -0.05) is 13.8 Å². The molecule has 3 rings (SSSR count). The topological polar surface area (TPSA) is 66.4 Å². The highest BCUT2D eigenvalue weighted by Crippen LogP contribution is 2.31. The Bertz CT molecular complexity index is 1010. The SMILES string of the molecule is CC(C)[C@@H]1CN(c2ccc(F)c(S(C)(=O)=O)c2)CCN1c1ccc(C(F)(F)F)nn1. The molecule has 0 bridgehead atoms. The van der Waals surface area contributed by atoms with Gasteiger partial charge >= 0.3 is 6.18 Å². The lowest BCUT2D eigenvalue weighted by molar-refractivity contribution is -0.141. The van der Waals surface area contributed by atoms with E-state index in [0.29, 0.717) is 31.1 Å². The number of benzene rings is 1. The van der Waals surface area contributed by atoms with Crippen LogP contribution in [0, 0.1) is 11.7 Å². The van der Waals surface area contributed by atoms with Gasteiger partial charge in [0.15, 0.2) is 21.3 Å². The van der Waals surface area contributed by atoms with Crippen molar-refractivity contribution in [3.8, 4) is 0 Å². The molecule has 2 aromatic rings. The van der Waals surface area contributed by atoms with E-state index in [1.165, 1.54) is 18.2 Å². The van der Waals surface area contributed by atoms with Gasteiger partial charge in [-0.2, -0.15) is 13.2 Å². The average Bonchev–Trinajstić information content (AvgIpc) is 2.66. The number of sulfone groups is 1. The van der Waals surface area contributed by atoms with Crippen LogP contribution in [-0.2, 0) is 16.0 Å². The zero-order valence-corrected chi connectivity index (χ0v) is 17.5. The molecule has 0 spiro atoms. The third kappa shape index (κ3) is 4.66. The van der Waals surface area contributed by atoms with E-state index in [4.69, 9.17) is 0 Å². The van der Waals surface area contributed by atoms with Crippen LogP contribution in [0.5, 0.6) is 0 Å². The minimum absolute atomic E-state index is 0.114. The summed E-state index contributed by atoms with van der Waals surface area (Å²) in [5.41, 5.74) is -0.480. The van der Waals surface area contributed by atoms with Gasteiger partial charge < -0.3 is 9.80 Å². The Kier molecular flexibility index (Phi) is 5.94. The fourth-order valence-corrected chi connectivity index (χ4v) is 4.26. The summed E-state index contributed by atoms with van der Waals surface area (Å²) in [7, 11) is -3.72. The van der Waals surface area contributed by atoms with Crippen molar-refractivity contribution in [1.82, 2.24) is 10.2 Å². The van der Waals surface area contributed by atoms with Gasteiger partial charge in [-0.15, -0.1) is 10.2 Å². The highest BCUT2D eigenvalue weighted by atomic mass is 32.2. The molecule has 30 heavy (non-hydrogen) atoms. The van der Waals surface area contributed by atoms with Crippen LogP contribution in [0.2, 0.25) is 0 Å². The minimum atomic E-state index is -4.55. The Balaban J connectivity index is 1.86. The van der Waals surface area contributed by atoms with E-state index in [1.54, 1.807) is 0 Å². The Morgan fingerprint density at radius 2 is 1.80 bits per heavy atom. The molecule has 0 N–H and O–H groups in total. The Labute approximate surface area is 172 Å². The van der Waals surface area contributed by atoms with Crippen molar-refractivity contribution in [2.45, 2.75) is 31.0 Å². The molecule has 0 amide bonds. The Morgan fingerprint density at radius 3 is 2.33 bits per heavy atom. The summed E-state index contributed by atoms with van der Waals surface area (Å²) in [5, 5.41) is 7.07. The van der Waals surface area contributed by atoms with Crippen LogP contribution in [0.4, 0.5) is 29.1 Å². The molecule has 6 nitrogen and oxygen atoms in total. The van der Waals surface area contributed by atoms with Crippen LogP contribution in [0.1, 0.15) is 19.5 Å². The Hall–Kier alpha value is -2.43. The number of hydrogen-bond acceptors (Lipinski definition) is 6. The van der Waals surface area contributed by atoms with E-state index in [0.717, 1.165) is 18.4 Å². The van der Waals surface area contributed by atoms with Crippen LogP contribution in [-0.4, -0.2) is 50.5 Å². The predicted octanol–water partition coefficient (Wildman–Crippen LogP) is 3.39. The van der Waals surface area contributed by atoms with Gasteiger partial charge in [0, 0.05) is 31.6 Å². The lowest BCUT2D eigenvalue weighted by Crippen LogP contribution is -2.56. The maximum atomic E-state index is 13.9. The second kappa shape index (κ2) is 8.01. The van der Waals surface area contributed by atoms with E-state index in [2.05, 4.69) is 10.2 Å². The molecule has 1 saturated heterocycles. The normalized spacial score (nSPS) is 18.2. The first-order chi connectivity index (χ1) is 13.9. The summed E-state index contributed by atoms with van der Waals surface area (Å²) in [5.74, 6) is -0.343. The van der Waals surface area contributed by atoms with Crippen molar-refractivity contribution < 1.29 is 26.0 Å². The molecule has 1 aromatic heterocycles. The molecule has 0 unspecified atom stereocenters. The summed E-state index contributed by atoms with van der Waals surface area (Å²) in [6.45, 7) is 5.32. The van der Waals surface area contributed by atoms with Gasteiger partial charge in [0.1, 0.15) is 10.7 Å². The quantitative estimate of drug-likeness (QED) is 0.671. The molecule has 0 radical (unpaired) electrons. The average molecular weight is 446 g/mol. The van der Waals surface area contributed by atoms with Crippen LogP contribution in [0.15, 0.2) is 35.2 Å². The summed E-state index contributed by atoms with van der Waals surface area (Å²) >= 11 is 0. The number of aromatic nitrogens is 2. The standard InChI is InChI=1S/C19H22F4N4O2S/c1-12(2)15-11-26(13-4-5-14(20)16(10-13)30(3,28)29)8-9-27(15)18-7-6-17(24-25-18)19(21,22)23/h4-7,10,12,15H,8-9,11H2,1-3H3/t15-/m0/s1. The molecule has 1 aliphatic heterocycles. The highest BCUT2D eigenvalue weighted by molar-refractivity contribution is 7.90. The number of anilines is 2. The fraction of sp³-hybridized carbons (Fsp3) is 0.474. The zero-order chi connectivity index (χ0) is 22.3. The highest BCUT2D eigenvalue weighted by Gasteiger charge is 2.35. The first kappa shape index (κ1) is 22.3. The van der Waals surface area contributed by atoms with Crippen molar-refractivity contribution in [2.24, 2.45) is 5.92 Å². The van der Waals surface area contributed by atoms with Gasteiger partial charge in [0.2, 0.25) is 0 Å². The molecule has 0 saturated carbocycles. The van der Waals surface area contributed by atoms with E-state index in [9.17, 15) is 26.0 Å². The van der Waals surface area contributed by atoms with Crippen molar-refractivity contribution in [3.05, 3.63) is 41.8 Å². The largest absolute Gasteiger partial charge is 0.435 e. The maximum Gasteiger partial charge on any atom is 0.435 e. The molecule has 164 valence electrons. The molecule has 1 aromatic carbocycles. The lowest BCUT2D eigenvalue weighted by atomic mass is 9.99. The lowest BCUT2D eigenvalue weighted by Gasteiger charge is -2.44. The predicted molar refractivity (Wildman–Crippen MR) is 105 cm³/mol. The van der Waals surface area contributed by atoms with Crippen LogP contribution < -0.4 is 9.80 Å². The molecule has 0 aliphatic carbocycles. The molecule has 1 atom stereocenters. The van der Waals surface area contributed by atoms with Crippen LogP contribution in [0.3, 0.4) is 0 Å². The number of nitrogens with zero attached hydrogens (tertiary/aromatic N) is 4. The van der Waals surface area contributed by atoms with Gasteiger partial charge in [0.05, 0.1) is 6.04 Å². The summed E-state index contributed by atoms with van der Waals surface area (Å²) in [6.07, 6.45) is -3.60. The fourth-order valence-electron chi connectivity index (χ4n) is 3.50. The van der Waals surface area contributed by atoms with Crippen LogP contribution >= 0.6 is 0 Å². The molecule has 1 fully saturated rings. The van der Waals surface area contributed by atoms with E-state index in [-0.39, 0.29) is 16.9 Å². The van der Waals surface area contributed by atoms with Gasteiger partial charge in [-0.3, -0.25) is 0 Å². The third-order valence-electron chi connectivity index (χ3n) is 5.10. The summed E-state index contributed by atoms with van der Waals surface area (Å²) in [4.78, 5) is 3.47. The van der Waals surface area contributed by atoms with Gasteiger partial charge in [-0.05, 0) is 36.2 Å². The first-order valence-corrected chi connectivity index (χ1v) is 11.2. The molecular weight excluding hydrogens is 424 g/mol. The smallest absolute Gasteiger partial charge is 0.368 e. The maximum absolute atomic E-state index is 13.9. The van der Waals surface area contributed by atoms with Crippen molar-refractivity contribution in [1.29, 1.82) is 0 Å². The number of piperazine rings is 1. The monoisotopic (exact) mass is 446 g/mol. The van der Waals surface area contributed by atoms with Crippen molar-refractivity contribution >= 4 is 21.3 Å². The number of alkyl halides is 3. The molecular formula is C19H22F4N4O2S. The summed E-state index contributed by atoms with van der Waals surface area (Å²) in [6, 6.07) is 6.07. The number of rotatable bonds is 4. The number of halogens is 4. The van der Waals surface area contributed by atoms with Crippen LogP contribution in [0.25, 0.3) is 0 Å².